The van der Waals surface area contributed by atoms with E-state index in [9.17, 15) is 9.59 Å². The second-order valence-electron chi connectivity index (χ2n) is 4.99. The molecule has 0 aliphatic heterocycles. The van der Waals surface area contributed by atoms with Crippen LogP contribution in [0, 0.1) is 0 Å². The van der Waals surface area contributed by atoms with Crippen LogP contribution in [0.25, 0.3) is 0 Å². The van der Waals surface area contributed by atoms with Gasteiger partial charge in [0.05, 0.1) is 19.6 Å². The summed E-state index contributed by atoms with van der Waals surface area (Å²) in [5.41, 5.74) is 0.672. The van der Waals surface area contributed by atoms with Crippen molar-refractivity contribution in [3.05, 3.63) is 24.3 Å². The summed E-state index contributed by atoms with van der Waals surface area (Å²) in [6, 6.07) is 7.17. The summed E-state index contributed by atoms with van der Waals surface area (Å²) in [5.74, 6) is 0.142. The van der Waals surface area contributed by atoms with Gasteiger partial charge < -0.3 is 19.5 Å². The first-order chi connectivity index (χ1) is 11.2. The molecule has 0 fully saturated rings. The Morgan fingerprint density at radius 1 is 1.04 bits per heavy atom. The van der Waals surface area contributed by atoms with Crippen LogP contribution in [0.5, 0.6) is 5.75 Å². The van der Waals surface area contributed by atoms with E-state index in [-0.39, 0.29) is 25.4 Å². The zero-order chi connectivity index (χ0) is 16.9. The molecule has 1 rings (SSSR count). The van der Waals surface area contributed by atoms with Crippen molar-refractivity contribution in [2.24, 2.45) is 0 Å². The first kappa shape index (κ1) is 19.0. The minimum absolute atomic E-state index is 0.0494. The van der Waals surface area contributed by atoms with E-state index < -0.39 is 5.97 Å². The van der Waals surface area contributed by atoms with Crippen molar-refractivity contribution >= 4 is 17.6 Å². The molecule has 0 aromatic heterocycles. The Morgan fingerprint density at radius 3 is 2.43 bits per heavy atom. The van der Waals surface area contributed by atoms with Gasteiger partial charge in [-0.2, -0.15) is 0 Å². The van der Waals surface area contributed by atoms with Crippen molar-refractivity contribution in [3.63, 3.8) is 0 Å². The number of unbranched alkanes of at least 4 members (excludes halogenated alkanes) is 1. The topological polar surface area (TPSA) is 73.9 Å². The van der Waals surface area contributed by atoms with Crippen molar-refractivity contribution in [1.82, 2.24) is 0 Å². The lowest BCUT2D eigenvalue weighted by atomic mass is 10.2. The molecule has 0 unspecified atom stereocenters. The van der Waals surface area contributed by atoms with Crippen LogP contribution in [-0.2, 0) is 19.1 Å². The van der Waals surface area contributed by atoms with Crippen molar-refractivity contribution in [3.8, 4) is 5.75 Å². The fourth-order valence-corrected chi connectivity index (χ4v) is 1.72. The second-order valence-corrected chi connectivity index (χ2v) is 4.99. The molecule has 0 heterocycles. The molecule has 1 aromatic rings. The van der Waals surface area contributed by atoms with Gasteiger partial charge >= 0.3 is 5.97 Å². The quantitative estimate of drug-likeness (QED) is 0.501. The molecule has 0 saturated heterocycles. The normalized spacial score (nSPS) is 10.2. The van der Waals surface area contributed by atoms with Gasteiger partial charge in [0.1, 0.15) is 12.4 Å². The van der Waals surface area contributed by atoms with Gasteiger partial charge in [0.25, 0.3) is 0 Å². The summed E-state index contributed by atoms with van der Waals surface area (Å²) in [4.78, 5) is 23.1. The maximum Gasteiger partial charge on any atom is 0.306 e. The summed E-state index contributed by atoms with van der Waals surface area (Å²) < 4.78 is 15.2. The van der Waals surface area contributed by atoms with Gasteiger partial charge in [-0.3, -0.25) is 9.59 Å². The Bertz CT molecular complexity index is 472. The number of anilines is 1. The first-order valence-corrected chi connectivity index (χ1v) is 7.83. The Balaban J connectivity index is 2.27. The lowest BCUT2D eigenvalue weighted by molar-refractivity contribution is -0.145. The Labute approximate surface area is 137 Å². The fraction of sp³-hybridized carbons (Fsp3) is 0.529. The van der Waals surface area contributed by atoms with Crippen LogP contribution in [0.15, 0.2) is 24.3 Å². The minimum Gasteiger partial charge on any atom is -0.494 e. The molecule has 1 N–H and O–H groups in total. The summed E-state index contributed by atoms with van der Waals surface area (Å²) in [6.45, 7) is 3.35. The van der Waals surface area contributed by atoms with E-state index in [2.05, 4.69) is 12.2 Å². The number of carbonyl (C=O) groups is 2. The predicted octanol–water partition coefficient (Wildman–Crippen LogP) is 2.77. The van der Waals surface area contributed by atoms with Crippen LogP contribution in [0.3, 0.4) is 0 Å². The monoisotopic (exact) mass is 323 g/mol. The van der Waals surface area contributed by atoms with E-state index in [0.717, 1.165) is 18.6 Å². The highest BCUT2D eigenvalue weighted by Crippen LogP contribution is 2.16. The third-order valence-corrected chi connectivity index (χ3v) is 3.01. The van der Waals surface area contributed by atoms with Crippen LogP contribution in [-0.4, -0.2) is 38.8 Å². The molecule has 128 valence electrons. The highest BCUT2D eigenvalue weighted by Gasteiger charge is 2.08. The molecule has 1 aromatic carbocycles. The molecule has 23 heavy (non-hydrogen) atoms. The van der Waals surface area contributed by atoms with Crippen molar-refractivity contribution in [2.75, 3.05) is 32.2 Å². The minimum atomic E-state index is -0.406. The molecule has 0 bridgehead atoms. The van der Waals surface area contributed by atoms with Crippen LogP contribution in [0.1, 0.15) is 32.6 Å². The molecule has 1 amide bonds. The van der Waals surface area contributed by atoms with Crippen LogP contribution in [0.4, 0.5) is 5.69 Å². The summed E-state index contributed by atoms with van der Waals surface area (Å²) in [5, 5.41) is 2.73. The van der Waals surface area contributed by atoms with Gasteiger partial charge in [-0.15, -0.1) is 0 Å². The predicted molar refractivity (Wildman–Crippen MR) is 87.5 cm³/mol. The Hall–Kier alpha value is -2.08. The number of carbonyl (C=O) groups excluding carboxylic acids is 2. The highest BCUT2D eigenvalue weighted by molar-refractivity contribution is 5.92. The summed E-state index contributed by atoms with van der Waals surface area (Å²) >= 11 is 0. The first-order valence-electron chi connectivity index (χ1n) is 7.83. The fourth-order valence-electron chi connectivity index (χ4n) is 1.72. The van der Waals surface area contributed by atoms with E-state index >= 15 is 0 Å². The largest absolute Gasteiger partial charge is 0.494 e. The van der Waals surface area contributed by atoms with Crippen molar-refractivity contribution in [1.29, 1.82) is 0 Å². The van der Waals surface area contributed by atoms with Gasteiger partial charge in [-0.05, 0) is 30.7 Å². The molecule has 0 saturated carbocycles. The van der Waals surface area contributed by atoms with E-state index in [0.29, 0.717) is 18.9 Å². The van der Waals surface area contributed by atoms with E-state index in [1.165, 1.54) is 7.11 Å². The SMILES string of the molecule is CCCCOc1ccc(NC(=O)CCC(=O)OCCOC)cc1. The van der Waals surface area contributed by atoms with E-state index in [1.54, 1.807) is 12.1 Å². The van der Waals surface area contributed by atoms with Gasteiger partial charge in [0, 0.05) is 19.2 Å². The van der Waals surface area contributed by atoms with Gasteiger partial charge in [0.15, 0.2) is 0 Å². The van der Waals surface area contributed by atoms with Crippen LogP contribution >= 0.6 is 0 Å². The Kier molecular flexibility index (Phi) is 9.47. The molecule has 0 atom stereocenters. The summed E-state index contributed by atoms with van der Waals surface area (Å²) in [7, 11) is 1.53. The average Bonchev–Trinajstić information content (AvgIpc) is 2.55. The average molecular weight is 323 g/mol. The number of hydrogen-bond acceptors (Lipinski definition) is 5. The number of amides is 1. The molecule has 6 heteroatoms. The molecule has 0 aliphatic rings. The number of ether oxygens (including phenoxy) is 3. The number of hydrogen-bond donors (Lipinski definition) is 1. The molecular formula is C17H25NO5. The standard InChI is InChI=1S/C17H25NO5/c1-3-4-11-22-15-7-5-14(6-8-15)18-16(19)9-10-17(20)23-13-12-21-2/h5-8H,3-4,9-13H2,1-2H3,(H,18,19). The van der Waals surface area contributed by atoms with Crippen LogP contribution in [0.2, 0.25) is 0 Å². The molecular weight excluding hydrogens is 298 g/mol. The highest BCUT2D eigenvalue weighted by atomic mass is 16.6. The second kappa shape index (κ2) is 11.5. The lowest BCUT2D eigenvalue weighted by Crippen LogP contribution is -2.15. The smallest absolute Gasteiger partial charge is 0.306 e. The van der Waals surface area contributed by atoms with Gasteiger partial charge in [-0.25, -0.2) is 0 Å². The van der Waals surface area contributed by atoms with Crippen LogP contribution < -0.4 is 10.1 Å². The Morgan fingerprint density at radius 2 is 1.78 bits per heavy atom. The molecule has 0 aliphatic carbocycles. The zero-order valence-corrected chi connectivity index (χ0v) is 13.8. The van der Waals surface area contributed by atoms with Gasteiger partial charge in [0.2, 0.25) is 5.91 Å². The number of benzene rings is 1. The number of rotatable bonds is 11. The van der Waals surface area contributed by atoms with E-state index in [4.69, 9.17) is 14.2 Å². The van der Waals surface area contributed by atoms with Crippen molar-refractivity contribution < 1.29 is 23.8 Å². The van der Waals surface area contributed by atoms with Gasteiger partial charge in [-0.1, -0.05) is 13.3 Å². The molecule has 0 spiro atoms. The maximum atomic E-state index is 11.8. The lowest BCUT2D eigenvalue weighted by Gasteiger charge is -2.08. The zero-order valence-electron chi connectivity index (χ0n) is 13.8. The van der Waals surface area contributed by atoms with E-state index in [1.807, 2.05) is 12.1 Å². The number of methoxy groups -OCH3 is 1. The number of nitrogens with one attached hydrogen (secondary N) is 1. The number of esters is 1. The summed E-state index contributed by atoms with van der Waals surface area (Å²) in [6.07, 6.45) is 2.23. The molecule has 0 radical (unpaired) electrons. The molecule has 6 nitrogen and oxygen atoms in total. The third kappa shape index (κ3) is 8.83. The maximum absolute atomic E-state index is 11.8. The third-order valence-electron chi connectivity index (χ3n) is 3.01. The van der Waals surface area contributed by atoms with Crippen molar-refractivity contribution in [2.45, 2.75) is 32.6 Å².